The Morgan fingerprint density at radius 1 is 1.29 bits per heavy atom. The molecule has 44 valence electrons. The van der Waals surface area contributed by atoms with Crippen molar-refractivity contribution in [2.45, 2.75) is 27.2 Å². The van der Waals surface area contributed by atoms with Crippen LogP contribution in [0.1, 0.15) is 27.2 Å². The van der Waals surface area contributed by atoms with Crippen LogP contribution < -0.4 is 0 Å². The van der Waals surface area contributed by atoms with E-state index in [0.717, 1.165) is 0 Å². The summed E-state index contributed by atoms with van der Waals surface area (Å²) >= 11 is 0. The van der Waals surface area contributed by atoms with E-state index in [-0.39, 0.29) is 41.2 Å². The molecular weight excluding hydrogens is 209 g/mol. The smallest absolute Gasteiger partial charge is 0 e. The molecular formula is C5H11RuTi-. The maximum absolute atomic E-state index is 2.16. The van der Waals surface area contributed by atoms with E-state index in [0.29, 0.717) is 0 Å². The van der Waals surface area contributed by atoms with E-state index in [2.05, 4.69) is 20.8 Å². The Labute approximate surface area is 74.1 Å². The van der Waals surface area contributed by atoms with Gasteiger partial charge >= 0.3 is 0 Å². The molecule has 0 aromatic rings. The second kappa shape index (κ2) is 10.3. The molecule has 0 saturated heterocycles. The topological polar surface area (TPSA) is 0 Å². The van der Waals surface area contributed by atoms with Gasteiger partial charge in [0.15, 0.2) is 0 Å². The molecule has 0 saturated carbocycles. The van der Waals surface area contributed by atoms with E-state index in [1.165, 1.54) is 12.3 Å². The summed E-state index contributed by atoms with van der Waals surface area (Å²) in [7, 11) is 0. The normalized spacial score (nSPS) is 6.86. The SMILES string of the molecule is CC[C-](C)C.[Ru].[Ti]. The van der Waals surface area contributed by atoms with Gasteiger partial charge in [0.2, 0.25) is 0 Å². The van der Waals surface area contributed by atoms with E-state index >= 15 is 0 Å². The molecule has 2 heteroatoms. The molecule has 0 atom stereocenters. The molecule has 7 heavy (non-hydrogen) atoms. The number of hydrogen-bond donors (Lipinski definition) is 0. The van der Waals surface area contributed by atoms with Gasteiger partial charge in [0.25, 0.3) is 0 Å². The molecule has 0 unspecified atom stereocenters. The summed E-state index contributed by atoms with van der Waals surface area (Å²) in [5.74, 6) is 1.50. The third kappa shape index (κ3) is 18.8. The van der Waals surface area contributed by atoms with Gasteiger partial charge in [0.05, 0.1) is 0 Å². The van der Waals surface area contributed by atoms with Gasteiger partial charge in [0, 0.05) is 41.2 Å². The van der Waals surface area contributed by atoms with Gasteiger partial charge in [-0.2, -0.15) is 20.3 Å². The van der Waals surface area contributed by atoms with Crippen molar-refractivity contribution in [2.75, 3.05) is 0 Å². The van der Waals surface area contributed by atoms with Crippen molar-refractivity contribution >= 4 is 0 Å². The summed E-state index contributed by atoms with van der Waals surface area (Å²) in [5, 5.41) is 0. The molecule has 0 aromatic carbocycles. The van der Waals surface area contributed by atoms with E-state index < -0.39 is 0 Å². The Kier molecular flexibility index (Phi) is 23.3. The van der Waals surface area contributed by atoms with Crippen LogP contribution in [0.4, 0.5) is 0 Å². The van der Waals surface area contributed by atoms with Crippen molar-refractivity contribution < 1.29 is 41.2 Å². The van der Waals surface area contributed by atoms with Gasteiger partial charge in [-0.3, -0.25) is 0 Å². The first-order valence-electron chi connectivity index (χ1n) is 2.06. The first-order valence-corrected chi connectivity index (χ1v) is 2.06. The molecule has 0 bridgehead atoms. The minimum absolute atomic E-state index is 0. The quantitative estimate of drug-likeness (QED) is 0.468. The third-order valence-electron chi connectivity index (χ3n) is 0.707. The van der Waals surface area contributed by atoms with E-state index in [4.69, 9.17) is 0 Å². The number of hydrogen-bond acceptors (Lipinski definition) is 0. The summed E-state index contributed by atoms with van der Waals surface area (Å²) in [4.78, 5) is 0. The average molecular weight is 220 g/mol. The van der Waals surface area contributed by atoms with Crippen LogP contribution in [0.15, 0.2) is 0 Å². The van der Waals surface area contributed by atoms with Gasteiger partial charge in [-0.05, 0) is 0 Å². The predicted octanol–water partition coefficient (Wildman–Crippen LogP) is 2.01. The van der Waals surface area contributed by atoms with Crippen molar-refractivity contribution in [3.8, 4) is 0 Å². The maximum Gasteiger partial charge on any atom is 0 e. The first-order chi connectivity index (χ1) is 2.27. The van der Waals surface area contributed by atoms with E-state index in [1.807, 2.05) is 0 Å². The molecule has 0 aliphatic rings. The van der Waals surface area contributed by atoms with Crippen LogP contribution in [0, 0.1) is 5.92 Å². The standard InChI is InChI=1S/C5H11.Ru.Ti/c1-4-5(2)3;;/h4H2,1-3H3;;/q-1;;. The molecule has 0 nitrogen and oxygen atoms in total. The maximum atomic E-state index is 2.16. The van der Waals surface area contributed by atoms with Crippen molar-refractivity contribution in [3.63, 3.8) is 0 Å². The Balaban J connectivity index is -0.0000000800. The summed E-state index contributed by atoms with van der Waals surface area (Å²) in [6.45, 7) is 6.44. The summed E-state index contributed by atoms with van der Waals surface area (Å²) < 4.78 is 0. The van der Waals surface area contributed by atoms with Crippen LogP contribution in [-0.2, 0) is 41.2 Å². The Morgan fingerprint density at radius 2 is 1.43 bits per heavy atom. The first kappa shape index (κ1) is 15.8. The van der Waals surface area contributed by atoms with Crippen molar-refractivity contribution in [1.82, 2.24) is 0 Å². The Morgan fingerprint density at radius 3 is 1.43 bits per heavy atom. The van der Waals surface area contributed by atoms with Gasteiger partial charge in [-0.1, -0.05) is 6.92 Å². The van der Waals surface area contributed by atoms with E-state index in [1.54, 1.807) is 0 Å². The van der Waals surface area contributed by atoms with Gasteiger partial charge in [0.1, 0.15) is 0 Å². The molecule has 0 N–H and O–H groups in total. The largest absolute Gasteiger partial charge is 0.320 e. The minimum atomic E-state index is 0. The molecule has 0 fully saturated rings. The fraction of sp³-hybridized carbons (Fsp3) is 0.800. The second-order valence-corrected chi connectivity index (χ2v) is 1.56. The Hall–Kier alpha value is 1.34. The predicted molar refractivity (Wildman–Crippen MR) is 24.9 cm³/mol. The van der Waals surface area contributed by atoms with Gasteiger partial charge in [-0.15, -0.1) is 0 Å². The summed E-state index contributed by atoms with van der Waals surface area (Å²) in [5.41, 5.74) is 0. The fourth-order valence-corrected chi connectivity index (χ4v) is 0. The molecule has 0 amide bonds. The molecule has 0 radical (unpaired) electrons. The summed E-state index contributed by atoms with van der Waals surface area (Å²) in [6.07, 6.45) is 1.22. The monoisotopic (exact) mass is 221 g/mol. The van der Waals surface area contributed by atoms with E-state index in [9.17, 15) is 0 Å². The average Bonchev–Trinajstić information content (AvgIpc) is 1.38. The van der Waals surface area contributed by atoms with Crippen molar-refractivity contribution in [2.24, 2.45) is 0 Å². The zero-order valence-corrected chi connectivity index (χ0v) is 8.36. The molecule has 0 spiro atoms. The molecule has 0 aliphatic heterocycles. The van der Waals surface area contributed by atoms with Crippen LogP contribution in [0.5, 0.6) is 0 Å². The minimum Gasteiger partial charge on any atom is -0.320 e. The zero-order valence-electron chi connectivity index (χ0n) is 5.06. The fourth-order valence-electron chi connectivity index (χ4n) is 0. The molecule has 0 heterocycles. The molecule has 0 aliphatic carbocycles. The third-order valence-corrected chi connectivity index (χ3v) is 0.707. The number of rotatable bonds is 1. The Bertz CT molecular complexity index is 22.0. The zero-order chi connectivity index (χ0) is 4.28. The molecule has 0 aromatic heterocycles. The second-order valence-electron chi connectivity index (χ2n) is 1.56. The van der Waals surface area contributed by atoms with Crippen LogP contribution in [0.25, 0.3) is 0 Å². The summed E-state index contributed by atoms with van der Waals surface area (Å²) in [6, 6.07) is 0. The van der Waals surface area contributed by atoms with Crippen LogP contribution >= 0.6 is 0 Å². The molecule has 0 rings (SSSR count). The van der Waals surface area contributed by atoms with Crippen LogP contribution in [-0.4, -0.2) is 0 Å². The van der Waals surface area contributed by atoms with Crippen molar-refractivity contribution in [1.29, 1.82) is 0 Å². The van der Waals surface area contributed by atoms with Gasteiger partial charge < -0.3 is 5.92 Å². The van der Waals surface area contributed by atoms with Gasteiger partial charge in [-0.25, -0.2) is 0 Å². The van der Waals surface area contributed by atoms with Crippen LogP contribution in [0.3, 0.4) is 0 Å². The van der Waals surface area contributed by atoms with Crippen LogP contribution in [0.2, 0.25) is 0 Å². The van der Waals surface area contributed by atoms with Crippen molar-refractivity contribution in [3.05, 3.63) is 5.92 Å².